The molecule has 1 aromatic carbocycles. The van der Waals surface area contributed by atoms with Crippen molar-refractivity contribution in [3.8, 4) is 0 Å². The van der Waals surface area contributed by atoms with Gasteiger partial charge in [-0.25, -0.2) is 0 Å². The quantitative estimate of drug-likeness (QED) is 0.775. The number of thioether (sulfide) groups is 1. The minimum Gasteiger partial charge on any atom is -0.398 e. The highest BCUT2D eigenvalue weighted by atomic mass is 32.2. The van der Waals surface area contributed by atoms with Crippen LogP contribution in [0.4, 0.5) is 5.69 Å². The number of anilines is 1. The number of carbonyl (C=O) groups is 1. The number of carbonyl (C=O) groups excluding carboxylic acids is 1. The SMILES string of the molecule is CC.Nc1ccccc1SC1=CC(=O)NC1. The first-order valence-corrected chi connectivity index (χ1v) is 6.08. The van der Waals surface area contributed by atoms with E-state index in [9.17, 15) is 4.79 Å². The molecule has 2 rings (SSSR count). The maximum absolute atomic E-state index is 10.9. The molecule has 0 saturated heterocycles. The second kappa shape index (κ2) is 6.23. The lowest BCUT2D eigenvalue weighted by Gasteiger charge is -2.04. The van der Waals surface area contributed by atoms with Gasteiger partial charge in [0.25, 0.3) is 0 Å². The summed E-state index contributed by atoms with van der Waals surface area (Å²) in [7, 11) is 0. The smallest absolute Gasteiger partial charge is 0.245 e. The van der Waals surface area contributed by atoms with Crippen molar-refractivity contribution in [2.45, 2.75) is 18.7 Å². The Bertz CT molecular complexity index is 402. The Labute approximate surface area is 100 Å². The predicted molar refractivity (Wildman–Crippen MR) is 69.2 cm³/mol. The lowest BCUT2D eigenvalue weighted by Crippen LogP contribution is -2.14. The van der Waals surface area contributed by atoms with Gasteiger partial charge in [0, 0.05) is 28.1 Å². The van der Waals surface area contributed by atoms with Crippen molar-refractivity contribution >= 4 is 23.4 Å². The fourth-order valence-electron chi connectivity index (χ4n) is 1.20. The molecule has 0 aromatic heterocycles. The molecule has 3 N–H and O–H groups in total. The Morgan fingerprint density at radius 1 is 1.31 bits per heavy atom. The summed E-state index contributed by atoms with van der Waals surface area (Å²) in [5.41, 5.74) is 6.53. The van der Waals surface area contributed by atoms with Gasteiger partial charge in [0.05, 0.1) is 0 Å². The Kier molecular flexibility index (Phi) is 4.92. The first kappa shape index (κ1) is 12.6. The number of benzene rings is 1. The molecule has 16 heavy (non-hydrogen) atoms. The lowest BCUT2D eigenvalue weighted by molar-refractivity contribution is -0.115. The van der Waals surface area contributed by atoms with Gasteiger partial charge in [0.1, 0.15) is 0 Å². The first-order valence-electron chi connectivity index (χ1n) is 5.26. The van der Waals surface area contributed by atoms with E-state index in [1.165, 1.54) is 11.8 Å². The molecule has 0 fully saturated rings. The maximum Gasteiger partial charge on any atom is 0.245 e. The molecule has 0 unspecified atom stereocenters. The summed E-state index contributed by atoms with van der Waals surface area (Å²) in [6, 6.07) is 7.63. The average Bonchev–Trinajstić information content (AvgIpc) is 2.70. The molecule has 0 radical (unpaired) electrons. The largest absolute Gasteiger partial charge is 0.398 e. The summed E-state index contributed by atoms with van der Waals surface area (Å²) < 4.78 is 0. The van der Waals surface area contributed by atoms with Gasteiger partial charge < -0.3 is 11.1 Å². The van der Waals surface area contributed by atoms with Crippen molar-refractivity contribution < 1.29 is 4.79 Å². The van der Waals surface area contributed by atoms with Crippen LogP contribution in [0.15, 0.2) is 40.1 Å². The van der Waals surface area contributed by atoms with Gasteiger partial charge in [-0.15, -0.1) is 0 Å². The Morgan fingerprint density at radius 3 is 2.56 bits per heavy atom. The number of amides is 1. The van der Waals surface area contributed by atoms with Crippen LogP contribution in [-0.4, -0.2) is 12.5 Å². The van der Waals surface area contributed by atoms with Crippen LogP contribution in [0.25, 0.3) is 0 Å². The molecule has 1 aliphatic rings. The van der Waals surface area contributed by atoms with E-state index in [1.54, 1.807) is 6.08 Å². The number of nitrogen functional groups attached to an aromatic ring is 1. The van der Waals surface area contributed by atoms with Crippen LogP contribution >= 0.6 is 11.8 Å². The molecule has 0 spiro atoms. The van der Waals surface area contributed by atoms with Gasteiger partial charge in [0.2, 0.25) is 5.91 Å². The van der Waals surface area contributed by atoms with Gasteiger partial charge in [-0.2, -0.15) is 0 Å². The summed E-state index contributed by atoms with van der Waals surface area (Å²) in [6.45, 7) is 4.61. The van der Waals surface area contributed by atoms with Crippen LogP contribution in [0.2, 0.25) is 0 Å². The number of rotatable bonds is 2. The van der Waals surface area contributed by atoms with Gasteiger partial charge >= 0.3 is 0 Å². The molecule has 0 saturated carbocycles. The second-order valence-electron chi connectivity index (χ2n) is 2.97. The predicted octanol–water partition coefficient (Wildman–Crippen LogP) is 2.40. The van der Waals surface area contributed by atoms with Crippen LogP contribution < -0.4 is 11.1 Å². The van der Waals surface area contributed by atoms with Crippen molar-refractivity contribution in [3.05, 3.63) is 35.2 Å². The summed E-state index contributed by atoms with van der Waals surface area (Å²) >= 11 is 1.53. The van der Waals surface area contributed by atoms with Crippen molar-refractivity contribution in [1.29, 1.82) is 0 Å². The molecular formula is C12H16N2OS. The van der Waals surface area contributed by atoms with Crippen molar-refractivity contribution in [3.63, 3.8) is 0 Å². The third-order valence-corrected chi connectivity index (χ3v) is 3.01. The zero-order valence-corrected chi connectivity index (χ0v) is 10.3. The Hall–Kier alpha value is -1.42. The molecule has 86 valence electrons. The molecular weight excluding hydrogens is 220 g/mol. The summed E-state index contributed by atoms with van der Waals surface area (Å²) in [5, 5.41) is 2.72. The number of para-hydroxylation sites is 1. The number of hydrogen-bond acceptors (Lipinski definition) is 3. The summed E-state index contributed by atoms with van der Waals surface area (Å²) in [5.74, 6) is -0.0259. The van der Waals surface area contributed by atoms with E-state index in [-0.39, 0.29) is 5.91 Å². The molecule has 3 nitrogen and oxygen atoms in total. The van der Waals surface area contributed by atoms with Crippen LogP contribution in [0, 0.1) is 0 Å². The van der Waals surface area contributed by atoms with Crippen LogP contribution in [0.1, 0.15) is 13.8 Å². The van der Waals surface area contributed by atoms with E-state index in [0.717, 1.165) is 15.5 Å². The lowest BCUT2D eigenvalue weighted by atomic mass is 10.3. The van der Waals surface area contributed by atoms with Gasteiger partial charge in [0.15, 0.2) is 0 Å². The fraction of sp³-hybridized carbons (Fsp3) is 0.250. The topological polar surface area (TPSA) is 55.1 Å². The first-order chi connectivity index (χ1) is 7.75. The second-order valence-corrected chi connectivity index (χ2v) is 4.14. The van der Waals surface area contributed by atoms with Crippen molar-refractivity contribution in [2.75, 3.05) is 12.3 Å². The van der Waals surface area contributed by atoms with E-state index in [0.29, 0.717) is 6.54 Å². The van der Waals surface area contributed by atoms with Gasteiger partial charge in [-0.1, -0.05) is 37.7 Å². The Balaban J connectivity index is 0.000000606. The summed E-state index contributed by atoms with van der Waals surface area (Å²) in [6.07, 6.45) is 1.61. The van der Waals surface area contributed by atoms with Crippen molar-refractivity contribution in [2.24, 2.45) is 0 Å². The minimum atomic E-state index is -0.0259. The molecule has 1 heterocycles. The highest BCUT2D eigenvalue weighted by molar-refractivity contribution is 8.03. The standard InChI is InChI=1S/C10H10N2OS.C2H6/c11-8-3-1-2-4-9(8)14-7-5-10(13)12-6-7;1-2/h1-5H,6,11H2,(H,12,13);1-2H3. The molecule has 0 bridgehead atoms. The van der Waals surface area contributed by atoms with E-state index < -0.39 is 0 Å². The van der Waals surface area contributed by atoms with Crippen molar-refractivity contribution in [1.82, 2.24) is 5.32 Å². The molecule has 1 amide bonds. The fourth-order valence-corrected chi connectivity index (χ4v) is 2.13. The van der Waals surface area contributed by atoms with E-state index >= 15 is 0 Å². The summed E-state index contributed by atoms with van der Waals surface area (Å²) in [4.78, 5) is 12.9. The minimum absolute atomic E-state index is 0.0259. The molecule has 0 atom stereocenters. The monoisotopic (exact) mass is 236 g/mol. The molecule has 4 heteroatoms. The molecule has 1 aliphatic heterocycles. The number of hydrogen-bond donors (Lipinski definition) is 2. The zero-order chi connectivity index (χ0) is 12.0. The normalized spacial score (nSPS) is 13.6. The van der Waals surface area contributed by atoms with Crippen LogP contribution in [0.3, 0.4) is 0 Å². The Morgan fingerprint density at radius 2 is 2.00 bits per heavy atom. The third kappa shape index (κ3) is 3.31. The van der Waals surface area contributed by atoms with E-state index in [1.807, 2.05) is 38.1 Å². The van der Waals surface area contributed by atoms with E-state index in [2.05, 4.69) is 5.32 Å². The highest BCUT2D eigenvalue weighted by Gasteiger charge is 2.12. The highest BCUT2D eigenvalue weighted by Crippen LogP contribution is 2.31. The zero-order valence-electron chi connectivity index (χ0n) is 9.49. The number of nitrogens with two attached hydrogens (primary N) is 1. The van der Waals surface area contributed by atoms with Crippen LogP contribution in [0.5, 0.6) is 0 Å². The van der Waals surface area contributed by atoms with Gasteiger partial charge in [-0.3, -0.25) is 4.79 Å². The van der Waals surface area contributed by atoms with Gasteiger partial charge in [-0.05, 0) is 12.1 Å². The number of nitrogens with one attached hydrogen (secondary N) is 1. The van der Waals surface area contributed by atoms with Crippen LogP contribution in [-0.2, 0) is 4.79 Å². The average molecular weight is 236 g/mol. The van der Waals surface area contributed by atoms with E-state index in [4.69, 9.17) is 5.73 Å². The maximum atomic E-state index is 10.9. The molecule has 0 aliphatic carbocycles. The third-order valence-electron chi connectivity index (χ3n) is 1.89. The molecule has 1 aromatic rings.